The molecule has 1 amide bonds. The van der Waals surface area contributed by atoms with Crippen molar-refractivity contribution >= 4 is 27.8 Å². The first-order valence-electron chi connectivity index (χ1n) is 5.10. The molecule has 0 atom stereocenters. The van der Waals surface area contributed by atoms with Crippen LogP contribution in [-0.2, 0) is 14.3 Å². The van der Waals surface area contributed by atoms with E-state index < -0.39 is 5.54 Å². The van der Waals surface area contributed by atoms with Crippen molar-refractivity contribution < 1.29 is 14.3 Å². The standard InChI is InChI=1S/C10H16BrNO3/c1-15-9(14)10(12-8(13)7-11)5-3-2-4-6-10/h2-7H2,1H3,(H,12,13). The molecule has 1 fully saturated rings. The number of esters is 1. The highest BCUT2D eigenvalue weighted by Crippen LogP contribution is 2.29. The van der Waals surface area contributed by atoms with Gasteiger partial charge in [0, 0.05) is 0 Å². The number of rotatable bonds is 3. The number of nitrogens with one attached hydrogen (secondary N) is 1. The van der Waals surface area contributed by atoms with Crippen LogP contribution in [-0.4, -0.2) is 29.9 Å². The van der Waals surface area contributed by atoms with E-state index in [4.69, 9.17) is 4.74 Å². The van der Waals surface area contributed by atoms with E-state index in [1.807, 2.05) is 0 Å². The number of halogens is 1. The van der Waals surface area contributed by atoms with E-state index in [9.17, 15) is 9.59 Å². The monoisotopic (exact) mass is 277 g/mol. The van der Waals surface area contributed by atoms with Crippen LogP contribution in [0.5, 0.6) is 0 Å². The summed E-state index contributed by atoms with van der Waals surface area (Å²) in [5.74, 6) is -0.487. The van der Waals surface area contributed by atoms with E-state index in [-0.39, 0.29) is 17.2 Å². The lowest BCUT2D eigenvalue weighted by Crippen LogP contribution is -2.56. The molecule has 0 aromatic heterocycles. The molecule has 1 rings (SSSR count). The summed E-state index contributed by atoms with van der Waals surface area (Å²) in [6.07, 6.45) is 4.38. The van der Waals surface area contributed by atoms with Crippen molar-refractivity contribution in [1.29, 1.82) is 0 Å². The topological polar surface area (TPSA) is 55.4 Å². The van der Waals surface area contributed by atoms with Crippen molar-refractivity contribution in [3.63, 3.8) is 0 Å². The number of methoxy groups -OCH3 is 1. The van der Waals surface area contributed by atoms with Crippen molar-refractivity contribution in [3.05, 3.63) is 0 Å². The Bertz CT molecular complexity index is 249. The number of hydrogen-bond acceptors (Lipinski definition) is 3. The largest absolute Gasteiger partial charge is 0.467 e. The second-order valence-corrected chi connectivity index (χ2v) is 4.38. The highest BCUT2D eigenvalue weighted by molar-refractivity contribution is 9.09. The van der Waals surface area contributed by atoms with Gasteiger partial charge in [-0.25, -0.2) is 4.79 Å². The van der Waals surface area contributed by atoms with Crippen molar-refractivity contribution in [1.82, 2.24) is 5.32 Å². The third kappa shape index (κ3) is 2.93. The lowest BCUT2D eigenvalue weighted by atomic mass is 9.81. The van der Waals surface area contributed by atoms with Crippen molar-refractivity contribution in [2.75, 3.05) is 12.4 Å². The maximum Gasteiger partial charge on any atom is 0.331 e. The molecule has 0 heterocycles. The van der Waals surface area contributed by atoms with Gasteiger partial charge in [0.2, 0.25) is 5.91 Å². The van der Waals surface area contributed by atoms with Crippen LogP contribution in [0.4, 0.5) is 0 Å². The number of carbonyl (C=O) groups excluding carboxylic acids is 2. The van der Waals surface area contributed by atoms with Crippen molar-refractivity contribution in [2.24, 2.45) is 0 Å². The summed E-state index contributed by atoms with van der Waals surface area (Å²) in [4.78, 5) is 23.0. The average Bonchev–Trinajstić information content (AvgIpc) is 2.29. The minimum absolute atomic E-state index is 0.165. The molecule has 86 valence electrons. The number of ether oxygens (including phenoxy) is 1. The minimum atomic E-state index is -0.780. The summed E-state index contributed by atoms with van der Waals surface area (Å²) < 4.78 is 4.77. The second kappa shape index (κ2) is 5.49. The highest BCUT2D eigenvalue weighted by atomic mass is 79.9. The normalized spacial score (nSPS) is 19.3. The molecule has 1 N–H and O–H groups in total. The summed E-state index contributed by atoms with van der Waals surface area (Å²) in [5.41, 5.74) is -0.780. The number of amides is 1. The first-order chi connectivity index (χ1) is 7.14. The van der Waals surface area contributed by atoms with E-state index in [0.29, 0.717) is 12.8 Å². The molecule has 0 radical (unpaired) electrons. The molecule has 0 spiro atoms. The maximum atomic E-state index is 11.7. The SMILES string of the molecule is COC(=O)C1(NC(=O)CBr)CCCCC1. The van der Waals surface area contributed by atoms with Crippen molar-refractivity contribution in [2.45, 2.75) is 37.6 Å². The van der Waals surface area contributed by atoms with E-state index in [1.165, 1.54) is 7.11 Å². The second-order valence-electron chi connectivity index (χ2n) is 3.82. The number of alkyl halides is 1. The van der Waals surface area contributed by atoms with Gasteiger partial charge in [-0.1, -0.05) is 35.2 Å². The van der Waals surface area contributed by atoms with Crippen LogP contribution in [0.2, 0.25) is 0 Å². The van der Waals surface area contributed by atoms with Crippen LogP contribution in [0.3, 0.4) is 0 Å². The molecule has 0 aromatic rings. The summed E-state index contributed by atoms with van der Waals surface area (Å²) in [6.45, 7) is 0. The average molecular weight is 278 g/mol. The highest BCUT2D eigenvalue weighted by Gasteiger charge is 2.41. The Morgan fingerprint density at radius 2 is 1.93 bits per heavy atom. The Balaban J connectivity index is 2.75. The zero-order chi connectivity index (χ0) is 11.3. The van der Waals surface area contributed by atoms with Gasteiger partial charge in [0.25, 0.3) is 0 Å². The van der Waals surface area contributed by atoms with Gasteiger partial charge in [-0.2, -0.15) is 0 Å². The van der Waals surface area contributed by atoms with Gasteiger partial charge in [-0.05, 0) is 12.8 Å². The van der Waals surface area contributed by atoms with E-state index in [2.05, 4.69) is 21.2 Å². The smallest absolute Gasteiger partial charge is 0.331 e. The zero-order valence-electron chi connectivity index (χ0n) is 8.85. The molecule has 4 nitrogen and oxygen atoms in total. The first kappa shape index (κ1) is 12.5. The fraction of sp³-hybridized carbons (Fsp3) is 0.800. The molecule has 1 aliphatic carbocycles. The summed E-state index contributed by atoms with van der Waals surface area (Å²) >= 11 is 3.07. The van der Waals surface area contributed by atoms with Gasteiger partial charge in [-0.3, -0.25) is 4.79 Å². The molecular weight excluding hydrogens is 262 g/mol. The summed E-state index contributed by atoms with van der Waals surface area (Å²) in [6, 6.07) is 0. The Morgan fingerprint density at radius 1 is 1.33 bits per heavy atom. The maximum absolute atomic E-state index is 11.7. The molecule has 5 heteroatoms. The minimum Gasteiger partial charge on any atom is -0.467 e. The molecule has 1 saturated carbocycles. The lowest BCUT2D eigenvalue weighted by molar-refractivity contribution is -0.152. The van der Waals surface area contributed by atoms with Crippen LogP contribution in [0.1, 0.15) is 32.1 Å². The Labute approximate surface area is 97.9 Å². The van der Waals surface area contributed by atoms with Crippen LogP contribution < -0.4 is 5.32 Å². The van der Waals surface area contributed by atoms with Crippen LogP contribution in [0, 0.1) is 0 Å². The fourth-order valence-electron chi connectivity index (χ4n) is 2.03. The Kier molecular flexibility index (Phi) is 4.57. The van der Waals surface area contributed by atoms with Gasteiger partial charge in [0.05, 0.1) is 12.4 Å². The van der Waals surface area contributed by atoms with Gasteiger partial charge < -0.3 is 10.1 Å². The zero-order valence-corrected chi connectivity index (χ0v) is 10.4. The quantitative estimate of drug-likeness (QED) is 0.626. The van der Waals surface area contributed by atoms with E-state index >= 15 is 0 Å². The van der Waals surface area contributed by atoms with Crippen LogP contribution in [0.15, 0.2) is 0 Å². The Hall–Kier alpha value is -0.580. The van der Waals surface area contributed by atoms with Gasteiger partial charge in [0.15, 0.2) is 0 Å². The summed E-state index contributed by atoms with van der Waals surface area (Å²) in [5, 5.41) is 2.99. The molecular formula is C10H16BrNO3. The first-order valence-corrected chi connectivity index (χ1v) is 6.22. The van der Waals surface area contributed by atoms with E-state index in [0.717, 1.165) is 19.3 Å². The Morgan fingerprint density at radius 3 is 2.40 bits per heavy atom. The lowest BCUT2D eigenvalue weighted by Gasteiger charge is -2.34. The predicted octanol–water partition coefficient (Wildman–Crippen LogP) is 1.37. The molecule has 0 saturated heterocycles. The number of hydrogen-bond donors (Lipinski definition) is 1. The molecule has 0 aromatic carbocycles. The van der Waals surface area contributed by atoms with E-state index in [1.54, 1.807) is 0 Å². The molecule has 15 heavy (non-hydrogen) atoms. The number of carbonyl (C=O) groups is 2. The van der Waals surface area contributed by atoms with Gasteiger partial charge >= 0.3 is 5.97 Å². The van der Waals surface area contributed by atoms with Gasteiger partial charge in [0.1, 0.15) is 5.54 Å². The fourth-order valence-corrected chi connectivity index (χ4v) is 2.17. The molecule has 0 unspecified atom stereocenters. The molecule has 0 aliphatic heterocycles. The molecule has 0 bridgehead atoms. The molecule has 1 aliphatic rings. The van der Waals surface area contributed by atoms with Crippen LogP contribution >= 0.6 is 15.9 Å². The third-order valence-electron chi connectivity index (χ3n) is 2.78. The third-order valence-corrected chi connectivity index (χ3v) is 3.29. The predicted molar refractivity (Wildman–Crippen MR) is 59.8 cm³/mol. The van der Waals surface area contributed by atoms with Crippen LogP contribution in [0.25, 0.3) is 0 Å². The van der Waals surface area contributed by atoms with Crippen molar-refractivity contribution in [3.8, 4) is 0 Å². The van der Waals surface area contributed by atoms with Gasteiger partial charge in [-0.15, -0.1) is 0 Å². The summed E-state index contributed by atoms with van der Waals surface area (Å²) in [7, 11) is 1.36.